The number of carbonyl (C=O) groups excluding carboxylic acids is 1. The third-order valence-corrected chi connectivity index (χ3v) is 6.27. The monoisotopic (exact) mass is 487 g/mol. The van der Waals surface area contributed by atoms with E-state index >= 15 is 0 Å². The van der Waals surface area contributed by atoms with Gasteiger partial charge >= 0.3 is 6.03 Å². The first-order valence-corrected chi connectivity index (χ1v) is 11.0. The molecule has 0 saturated carbocycles. The molecule has 1 N–H and O–H groups in total. The van der Waals surface area contributed by atoms with Crippen molar-refractivity contribution >= 4 is 46.0 Å². The molecule has 1 aliphatic heterocycles. The Balaban J connectivity index is 1.42. The average molecular weight is 488 g/mol. The van der Waals surface area contributed by atoms with Gasteiger partial charge in [0, 0.05) is 18.2 Å². The van der Waals surface area contributed by atoms with E-state index in [0.717, 1.165) is 12.5 Å². The second kappa shape index (κ2) is 8.65. The van der Waals surface area contributed by atoms with Crippen molar-refractivity contribution in [3.8, 4) is 11.1 Å². The molecule has 2 heterocycles. The fraction of sp³-hybridized carbons (Fsp3) is 0.167. The summed E-state index contributed by atoms with van der Waals surface area (Å²) in [7, 11) is 0. The molecule has 4 aromatic rings. The number of benzene rings is 3. The van der Waals surface area contributed by atoms with Crippen molar-refractivity contribution in [1.29, 1.82) is 0 Å². The number of amides is 2. The predicted octanol–water partition coefficient (Wildman–Crippen LogP) is 7.45. The number of likely N-dealkylation sites (tertiary alicyclic amines) is 1. The lowest BCUT2D eigenvalue weighted by Crippen LogP contribution is -2.34. The van der Waals surface area contributed by atoms with E-state index in [9.17, 15) is 13.6 Å². The normalized spacial score (nSPS) is 15.9. The third kappa shape index (κ3) is 4.14. The van der Waals surface area contributed by atoms with E-state index < -0.39 is 11.6 Å². The van der Waals surface area contributed by atoms with Crippen molar-refractivity contribution in [1.82, 2.24) is 9.88 Å². The van der Waals surface area contributed by atoms with Gasteiger partial charge in [0.05, 0.1) is 15.7 Å². The van der Waals surface area contributed by atoms with Crippen LogP contribution in [0.2, 0.25) is 10.0 Å². The summed E-state index contributed by atoms with van der Waals surface area (Å²) in [5, 5.41) is 3.46. The first kappa shape index (κ1) is 21.7. The summed E-state index contributed by atoms with van der Waals surface area (Å²) >= 11 is 12.4. The number of para-hydroxylation sites is 1. The second-order valence-corrected chi connectivity index (χ2v) is 8.55. The second-order valence-electron chi connectivity index (χ2n) is 7.74. The minimum Gasteiger partial charge on any atom is -0.438 e. The van der Waals surface area contributed by atoms with E-state index in [4.69, 9.17) is 27.6 Å². The summed E-state index contributed by atoms with van der Waals surface area (Å²) in [6, 6.07) is 12.7. The van der Waals surface area contributed by atoms with Crippen LogP contribution in [0.1, 0.15) is 24.8 Å². The molecule has 0 spiro atoms. The van der Waals surface area contributed by atoms with Gasteiger partial charge in [-0.1, -0.05) is 35.3 Å². The number of fused-ring (bicyclic) bond motifs is 1. The van der Waals surface area contributed by atoms with Crippen molar-refractivity contribution in [2.24, 2.45) is 0 Å². The molecule has 0 bridgehead atoms. The fourth-order valence-corrected chi connectivity index (χ4v) is 4.53. The van der Waals surface area contributed by atoms with Gasteiger partial charge in [-0.25, -0.2) is 18.6 Å². The average Bonchev–Trinajstić information content (AvgIpc) is 3.42. The highest BCUT2D eigenvalue weighted by Crippen LogP contribution is 2.36. The first-order chi connectivity index (χ1) is 15.9. The van der Waals surface area contributed by atoms with Gasteiger partial charge in [0.1, 0.15) is 23.2 Å². The lowest BCUT2D eigenvalue weighted by molar-refractivity contribution is 0.199. The van der Waals surface area contributed by atoms with E-state index in [1.165, 1.54) is 12.1 Å². The Hall–Kier alpha value is -3.16. The molecule has 5 rings (SSSR count). The van der Waals surface area contributed by atoms with E-state index in [-0.39, 0.29) is 17.6 Å². The quantitative estimate of drug-likeness (QED) is 0.326. The minimum atomic E-state index is -0.657. The van der Waals surface area contributed by atoms with Crippen LogP contribution < -0.4 is 5.32 Å². The molecule has 0 radical (unpaired) electrons. The highest BCUT2D eigenvalue weighted by atomic mass is 35.5. The number of rotatable bonds is 3. The molecule has 1 atom stereocenters. The van der Waals surface area contributed by atoms with Crippen LogP contribution in [0.4, 0.5) is 19.3 Å². The predicted molar refractivity (Wildman–Crippen MR) is 124 cm³/mol. The van der Waals surface area contributed by atoms with Crippen LogP contribution in [-0.2, 0) is 0 Å². The number of halogens is 4. The van der Waals surface area contributed by atoms with E-state index in [2.05, 4.69) is 10.3 Å². The molecule has 1 unspecified atom stereocenters. The lowest BCUT2D eigenvalue weighted by Gasteiger charge is -2.23. The van der Waals surface area contributed by atoms with Crippen LogP contribution in [0.25, 0.3) is 22.2 Å². The van der Waals surface area contributed by atoms with Gasteiger partial charge in [-0.3, -0.25) is 0 Å². The molecule has 2 amide bonds. The van der Waals surface area contributed by atoms with Gasteiger partial charge in [-0.15, -0.1) is 0 Å². The third-order valence-electron chi connectivity index (χ3n) is 5.64. The fourth-order valence-electron chi connectivity index (χ4n) is 4.04. The number of hydrogen-bond acceptors (Lipinski definition) is 3. The summed E-state index contributed by atoms with van der Waals surface area (Å²) < 4.78 is 33.4. The van der Waals surface area contributed by atoms with Crippen molar-refractivity contribution in [3.05, 3.63) is 82.2 Å². The van der Waals surface area contributed by atoms with Gasteiger partial charge < -0.3 is 14.6 Å². The Morgan fingerprint density at radius 2 is 1.88 bits per heavy atom. The van der Waals surface area contributed by atoms with Crippen LogP contribution in [0, 0.1) is 11.6 Å². The number of aromatic nitrogens is 1. The highest BCUT2D eigenvalue weighted by molar-refractivity contribution is 6.39. The van der Waals surface area contributed by atoms with Crippen molar-refractivity contribution < 1.29 is 18.0 Å². The largest absolute Gasteiger partial charge is 0.438 e. The maximum Gasteiger partial charge on any atom is 0.322 e. The summed E-state index contributed by atoms with van der Waals surface area (Å²) in [5.41, 5.74) is 2.20. The molecule has 3 aromatic carbocycles. The lowest BCUT2D eigenvalue weighted by atomic mass is 10.0. The van der Waals surface area contributed by atoms with Gasteiger partial charge in [-0.05, 0) is 54.8 Å². The van der Waals surface area contributed by atoms with Crippen molar-refractivity contribution in [3.63, 3.8) is 0 Å². The van der Waals surface area contributed by atoms with Crippen molar-refractivity contribution in [2.75, 3.05) is 11.9 Å². The summed E-state index contributed by atoms with van der Waals surface area (Å²) in [5.74, 6) is -0.909. The van der Waals surface area contributed by atoms with Gasteiger partial charge in [0.15, 0.2) is 5.58 Å². The topological polar surface area (TPSA) is 58.4 Å². The molecule has 33 heavy (non-hydrogen) atoms. The van der Waals surface area contributed by atoms with E-state index in [1.54, 1.807) is 41.3 Å². The Morgan fingerprint density at radius 1 is 1.09 bits per heavy atom. The number of anilines is 1. The molecule has 5 nitrogen and oxygen atoms in total. The SMILES string of the molecule is O=C(Nc1c(Cl)cccc1Cl)N1CCCC1c1nc2cc(-c3ccc(F)cc3F)ccc2o1. The summed E-state index contributed by atoms with van der Waals surface area (Å²) in [6.07, 6.45) is 1.45. The summed E-state index contributed by atoms with van der Waals surface area (Å²) in [4.78, 5) is 19.2. The molecule has 1 aromatic heterocycles. The Kier molecular flexibility index (Phi) is 5.68. The van der Waals surface area contributed by atoms with E-state index in [0.29, 0.717) is 51.3 Å². The van der Waals surface area contributed by atoms with Crippen LogP contribution in [0.3, 0.4) is 0 Å². The molecule has 168 valence electrons. The Bertz CT molecular complexity index is 1360. The number of urea groups is 1. The number of carbonyl (C=O) groups is 1. The molecule has 1 saturated heterocycles. The molecular formula is C24H17Cl2F2N3O2. The maximum atomic E-state index is 14.2. The Morgan fingerprint density at radius 3 is 2.64 bits per heavy atom. The van der Waals surface area contributed by atoms with E-state index in [1.807, 2.05) is 0 Å². The summed E-state index contributed by atoms with van der Waals surface area (Å²) in [6.45, 7) is 0.517. The van der Waals surface area contributed by atoms with Gasteiger partial charge in [0.2, 0.25) is 5.89 Å². The van der Waals surface area contributed by atoms with Crippen LogP contribution in [-0.4, -0.2) is 22.5 Å². The Labute approximate surface area is 197 Å². The standard InChI is InChI=1S/C24H17Cl2F2N3O2/c25-16-3-1-4-17(26)22(16)30-24(32)31-10-2-5-20(31)23-29-19-11-13(6-9-21(19)33-23)15-8-7-14(27)12-18(15)28/h1,3-4,6-9,11-12,20H,2,5,10H2,(H,30,32). The number of nitrogens with zero attached hydrogens (tertiary/aromatic N) is 2. The molecule has 9 heteroatoms. The van der Waals surface area contributed by atoms with Crippen LogP contribution >= 0.6 is 23.2 Å². The minimum absolute atomic E-state index is 0.265. The zero-order valence-corrected chi connectivity index (χ0v) is 18.6. The zero-order chi connectivity index (χ0) is 23.1. The van der Waals surface area contributed by atoms with Gasteiger partial charge in [-0.2, -0.15) is 0 Å². The molecular weight excluding hydrogens is 471 g/mol. The number of oxazole rings is 1. The van der Waals surface area contributed by atoms with Crippen LogP contribution in [0.15, 0.2) is 59.0 Å². The van der Waals surface area contributed by atoms with Gasteiger partial charge in [0.25, 0.3) is 0 Å². The molecule has 1 aliphatic rings. The molecule has 0 aliphatic carbocycles. The van der Waals surface area contributed by atoms with Crippen LogP contribution in [0.5, 0.6) is 0 Å². The van der Waals surface area contributed by atoms with Crippen molar-refractivity contribution in [2.45, 2.75) is 18.9 Å². The number of hydrogen-bond donors (Lipinski definition) is 1. The zero-order valence-electron chi connectivity index (χ0n) is 17.1. The first-order valence-electron chi connectivity index (χ1n) is 10.3. The maximum absolute atomic E-state index is 14.2. The number of nitrogens with one attached hydrogen (secondary N) is 1. The molecule has 1 fully saturated rings. The smallest absolute Gasteiger partial charge is 0.322 e. The highest BCUT2D eigenvalue weighted by Gasteiger charge is 2.34.